The highest BCUT2D eigenvalue weighted by molar-refractivity contribution is 5.99. The first kappa shape index (κ1) is 12.2. The summed E-state index contributed by atoms with van der Waals surface area (Å²) in [7, 11) is 1.69. The highest BCUT2D eigenvalue weighted by Crippen LogP contribution is 2.03. The molecule has 16 heavy (non-hydrogen) atoms. The third-order valence-corrected chi connectivity index (χ3v) is 2.05. The minimum Gasteiger partial charge on any atom is -0.291 e. The van der Waals surface area contributed by atoms with Gasteiger partial charge in [0, 0.05) is 7.05 Å². The summed E-state index contributed by atoms with van der Waals surface area (Å²) >= 11 is 0. The molecule has 0 aliphatic rings. The lowest BCUT2D eigenvalue weighted by atomic mass is 10.1. The average molecular weight is 219 g/mol. The van der Waals surface area contributed by atoms with Crippen LogP contribution in [0.5, 0.6) is 0 Å². The fraction of sp³-hybridized carbons (Fsp3) is 0.273. The van der Waals surface area contributed by atoms with Gasteiger partial charge in [-0.25, -0.2) is 10.9 Å². The topological polar surface area (TPSA) is 72.3 Å². The smallest absolute Gasteiger partial charge is 0.223 e. The van der Waals surface area contributed by atoms with E-state index in [4.69, 9.17) is 5.41 Å². The molecular weight excluding hydrogens is 202 g/mol. The van der Waals surface area contributed by atoms with Crippen molar-refractivity contribution in [1.29, 1.82) is 5.41 Å². The minimum absolute atomic E-state index is 0.106. The highest BCUT2D eigenvalue weighted by atomic mass is 15.5. The molecule has 0 spiro atoms. The Morgan fingerprint density at radius 3 is 2.44 bits per heavy atom. The number of guanidine groups is 1. The van der Waals surface area contributed by atoms with Gasteiger partial charge in [0.2, 0.25) is 5.96 Å². The number of rotatable bonds is 3. The maximum Gasteiger partial charge on any atom is 0.223 e. The van der Waals surface area contributed by atoms with Crippen molar-refractivity contribution in [3.63, 3.8) is 0 Å². The molecule has 0 aliphatic carbocycles. The normalized spacial score (nSPS) is 11.1. The largest absolute Gasteiger partial charge is 0.291 e. The Hall–Kier alpha value is -1.88. The second-order valence-electron chi connectivity index (χ2n) is 3.43. The van der Waals surface area contributed by atoms with Crippen LogP contribution in [0.3, 0.4) is 0 Å². The van der Waals surface area contributed by atoms with Crippen LogP contribution in [0.1, 0.15) is 18.1 Å². The summed E-state index contributed by atoms with van der Waals surface area (Å²) < 4.78 is 0. The molecule has 0 fully saturated rings. The molecular formula is C11H17N5. The number of benzene rings is 1. The number of nitrogens with one attached hydrogen (secondary N) is 4. The summed E-state index contributed by atoms with van der Waals surface area (Å²) in [4.78, 5) is 0. The molecule has 1 rings (SSSR count). The molecule has 0 unspecified atom stereocenters. The zero-order valence-electron chi connectivity index (χ0n) is 9.76. The molecule has 0 aliphatic heterocycles. The van der Waals surface area contributed by atoms with E-state index in [1.54, 1.807) is 7.05 Å². The van der Waals surface area contributed by atoms with Crippen LogP contribution >= 0.6 is 0 Å². The fourth-order valence-corrected chi connectivity index (χ4v) is 1.15. The van der Waals surface area contributed by atoms with E-state index in [0.29, 0.717) is 0 Å². The predicted octanol–water partition coefficient (Wildman–Crippen LogP) is 0.967. The summed E-state index contributed by atoms with van der Waals surface area (Å²) in [6.45, 7) is 3.94. The van der Waals surface area contributed by atoms with E-state index in [0.717, 1.165) is 11.3 Å². The van der Waals surface area contributed by atoms with Gasteiger partial charge in [-0.05, 0) is 19.4 Å². The van der Waals surface area contributed by atoms with Gasteiger partial charge >= 0.3 is 0 Å². The number of hydrogen-bond acceptors (Lipinski definition) is 3. The molecule has 1 aromatic carbocycles. The lowest BCUT2D eigenvalue weighted by Gasteiger charge is -2.06. The van der Waals surface area contributed by atoms with Crippen molar-refractivity contribution in [2.24, 2.45) is 5.10 Å². The van der Waals surface area contributed by atoms with Gasteiger partial charge in [-0.1, -0.05) is 29.8 Å². The van der Waals surface area contributed by atoms with E-state index in [1.165, 1.54) is 5.56 Å². The second kappa shape index (κ2) is 5.87. The number of aryl methyl sites for hydroxylation is 1. The summed E-state index contributed by atoms with van der Waals surface area (Å²) in [5.74, 6) is 0.106. The summed E-state index contributed by atoms with van der Waals surface area (Å²) in [5, 5.41) is 11.5. The molecule has 0 aromatic heterocycles. The fourth-order valence-electron chi connectivity index (χ4n) is 1.15. The Balaban J connectivity index is 2.63. The van der Waals surface area contributed by atoms with Gasteiger partial charge in [-0.15, -0.1) is 0 Å². The van der Waals surface area contributed by atoms with Gasteiger partial charge in [0.05, 0.1) is 5.71 Å². The van der Waals surface area contributed by atoms with Gasteiger partial charge in [-0.2, -0.15) is 5.10 Å². The van der Waals surface area contributed by atoms with Crippen LogP contribution in [-0.2, 0) is 0 Å². The Morgan fingerprint density at radius 1 is 1.25 bits per heavy atom. The van der Waals surface area contributed by atoms with E-state index in [-0.39, 0.29) is 5.96 Å². The first-order valence-corrected chi connectivity index (χ1v) is 5.02. The summed E-state index contributed by atoms with van der Waals surface area (Å²) in [6, 6.07) is 8.08. The molecule has 0 bridgehead atoms. The molecule has 5 nitrogen and oxygen atoms in total. The van der Waals surface area contributed by atoms with Crippen LogP contribution in [0.15, 0.2) is 29.4 Å². The molecule has 4 N–H and O–H groups in total. The van der Waals surface area contributed by atoms with Crippen LogP contribution in [0, 0.1) is 12.3 Å². The van der Waals surface area contributed by atoms with Gasteiger partial charge in [0.1, 0.15) is 0 Å². The van der Waals surface area contributed by atoms with Gasteiger partial charge in [0.15, 0.2) is 0 Å². The van der Waals surface area contributed by atoms with Crippen molar-refractivity contribution in [2.45, 2.75) is 13.8 Å². The van der Waals surface area contributed by atoms with Gasteiger partial charge in [-0.3, -0.25) is 10.8 Å². The monoisotopic (exact) mass is 219 g/mol. The molecule has 0 saturated heterocycles. The second-order valence-corrected chi connectivity index (χ2v) is 3.43. The Bertz CT molecular complexity index is 380. The van der Waals surface area contributed by atoms with E-state index in [9.17, 15) is 0 Å². The van der Waals surface area contributed by atoms with Crippen LogP contribution in [0.4, 0.5) is 0 Å². The van der Waals surface area contributed by atoms with Crippen molar-refractivity contribution >= 4 is 11.7 Å². The molecule has 0 amide bonds. The molecule has 0 atom stereocenters. The van der Waals surface area contributed by atoms with Crippen molar-refractivity contribution in [3.05, 3.63) is 35.4 Å². The maximum absolute atomic E-state index is 7.39. The van der Waals surface area contributed by atoms with E-state index >= 15 is 0 Å². The van der Waals surface area contributed by atoms with Crippen LogP contribution in [0.2, 0.25) is 0 Å². The zero-order chi connectivity index (χ0) is 12.0. The van der Waals surface area contributed by atoms with Gasteiger partial charge in [0.25, 0.3) is 0 Å². The van der Waals surface area contributed by atoms with Crippen molar-refractivity contribution in [3.8, 4) is 0 Å². The maximum atomic E-state index is 7.39. The molecule has 0 heterocycles. The first-order valence-electron chi connectivity index (χ1n) is 5.02. The van der Waals surface area contributed by atoms with Crippen molar-refractivity contribution in [2.75, 3.05) is 7.05 Å². The zero-order valence-corrected chi connectivity index (χ0v) is 9.76. The Labute approximate surface area is 95.4 Å². The van der Waals surface area contributed by atoms with Crippen LogP contribution in [-0.4, -0.2) is 18.7 Å². The third-order valence-electron chi connectivity index (χ3n) is 2.05. The number of nitrogens with zero attached hydrogens (tertiary/aromatic N) is 1. The van der Waals surface area contributed by atoms with Gasteiger partial charge < -0.3 is 0 Å². The predicted molar refractivity (Wildman–Crippen MR) is 66.4 cm³/mol. The van der Waals surface area contributed by atoms with Crippen molar-refractivity contribution < 1.29 is 0 Å². The third kappa shape index (κ3) is 3.70. The minimum atomic E-state index is 0.106. The van der Waals surface area contributed by atoms with E-state index in [1.807, 2.05) is 38.1 Å². The molecule has 0 radical (unpaired) electrons. The van der Waals surface area contributed by atoms with E-state index in [2.05, 4.69) is 21.4 Å². The lowest BCUT2D eigenvalue weighted by molar-refractivity contribution is 0.729. The molecule has 86 valence electrons. The summed E-state index contributed by atoms with van der Waals surface area (Å²) in [5.41, 5.74) is 10.9. The number of hydrazine groups is 1. The molecule has 0 saturated carbocycles. The summed E-state index contributed by atoms with van der Waals surface area (Å²) in [6.07, 6.45) is 0. The lowest BCUT2D eigenvalue weighted by Crippen LogP contribution is -2.41. The Kier molecular flexibility index (Phi) is 4.47. The van der Waals surface area contributed by atoms with Crippen LogP contribution in [0.25, 0.3) is 0 Å². The van der Waals surface area contributed by atoms with Crippen LogP contribution < -0.4 is 16.3 Å². The number of hydrogen-bond donors (Lipinski definition) is 4. The quantitative estimate of drug-likeness (QED) is 0.348. The molecule has 5 heteroatoms. The van der Waals surface area contributed by atoms with Crippen molar-refractivity contribution in [1.82, 2.24) is 16.3 Å². The Morgan fingerprint density at radius 2 is 1.88 bits per heavy atom. The number of hydrazone groups is 1. The first-order chi connectivity index (χ1) is 7.63. The van der Waals surface area contributed by atoms with E-state index < -0.39 is 0 Å². The standard InChI is InChI=1S/C11H17N5/c1-8-4-6-10(7-5-8)9(2)14-16-11(12)15-13-3/h4-7,13H,1-3H3,(H3,12,15,16)/b14-9+. The highest BCUT2D eigenvalue weighted by Gasteiger charge is 1.97. The molecule has 1 aromatic rings. The SMILES string of the molecule is CNNC(=N)N/N=C(\C)c1ccc(C)cc1. The average Bonchev–Trinajstić information content (AvgIpc) is 2.27.